The summed E-state index contributed by atoms with van der Waals surface area (Å²) in [5, 5.41) is 0. The lowest BCUT2D eigenvalue weighted by atomic mass is 9.76. The molecule has 0 N–H and O–H groups in total. The Morgan fingerprint density at radius 2 is 1.47 bits per heavy atom. The maximum atomic E-state index is 2.40. The van der Waals surface area contributed by atoms with E-state index in [1.807, 2.05) is 0 Å². The van der Waals surface area contributed by atoms with Gasteiger partial charge in [-0.05, 0) is 30.0 Å². The van der Waals surface area contributed by atoms with Crippen LogP contribution in [0.3, 0.4) is 0 Å². The highest BCUT2D eigenvalue weighted by atomic mass is 14.3. The fourth-order valence-corrected chi connectivity index (χ4v) is 2.73. The standard InChI is InChI=1S/C19H18/c1-19(18-12-6-3-7-13-18)14-8-11-17(15-19)16-9-4-2-5-10-16/h2-10,12-15H,11H2,1H3. The van der Waals surface area contributed by atoms with Gasteiger partial charge in [-0.2, -0.15) is 0 Å². The third kappa shape index (κ3) is 2.39. The van der Waals surface area contributed by atoms with E-state index in [0.717, 1.165) is 6.42 Å². The van der Waals surface area contributed by atoms with Crippen LogP contribution >= 0.6 is 0 Å². The van der Waals surface area contributed by atoms with Gasteiger partial charge >= 0.3 is 0 Å². The Morgan fingerprint density at radius 1 is 0.842 bits per heavy atom. The first-order chi connectivity index (χ1) is 9.28. The molecule has 0 saturated heterocycles. The van der Waals surface area contributed by atoms with Crippen LogP contribution in [0, 0.1) is 0 Å². The lowest BCUT2D eigenvalue weighted by molar-refractivity contribution is 0.746. The number of benzene rings is 2. The molecule has 0 fully saturated rings. The van der Waals surface area contributed by atoms with Gasteiger partial charge in [0.1, 0.15) is 0 Å². The molecule has 3 rings (SSSR count). The van der Waals surface area contributed by atoms with Crippen LogP contribution in [0.5, 0.6) is 0 Å². The Labute approximate surface area is 115 Å². The minimum absolute atomic E-state index is 0.00465. The predicted octanol–water partition coefficient (Wildman–Crippen LogP) is 4.99. The van der Waals surface area contributed by atoms with Crippen molar-refractivity contribution in [2.75, 3.05) is 0 Å². The topological polar surface area (TPSA) is 0 Å². The number of hydrogen-bond acceptors (Lipinski definition) is 0. The van der Waals surface area contributed by atoms with Gasteiger partial charge in [0.15, 0.2) is 0 Å². The molecule has 0 spiro atoms. The third-order valence-electron chi connectivity index (χ3n) is 3.82. The fourth-order valence-electron chi connectivity index (χ4n) is 2.73. The Balaban J connectivity index is 2.02. The van der Waals surface area contributed by atoms with Crippen LogP contribution in [0.1, 0.15) is 24.5 Å². The molecular formula is C19H18. The van der Waals surface area contributed by atoms with Gasteiger partial charge in [0.2, 0.25) is 0 Å². The van der Waals surface area contributed by atoms with Crippen LogP contribution in [0.2, 0.25) is 0 Å². The summed E-state index contributed by atoms with van der Waals surface area (Å²) in [5.74, 6) is 0. The molecule has 94 valence electrons. The Bertz CT molecular complexity index is 605. The normalized spacial score (nSPS) is 22.1. The van der Waals surface area contributed by atoms with Crippen molar-refractivity contribution >= 4 is 5.57 Å². The van der Waals surface area contributed by atoms with Gasteiger partial charge in [0, 0.05) is 5.41 Å². The van der Waals surface area contributed by atoms with Crippen LogP contribution in [-0.2, 0) is 5.41 Å². The van der Waals surface area contributed by atoms with Crippen molar-refractivity contribution in [1.29, 1.82) is 0 Å². The van der Waals surface area contributed by atoms with Gasteiger partial charge in [-0.1, -0.05) is 78.9 Å². The zero-order valence-corrected chi connectivity index (χ0v) is 11.2. The van der Waals surface area contributed by atoms with Crippen molar-refractivity contribution in [3.63, 3.8) is 0 Å². The molecule has 0 aromatic heterocycles. The van der Waals surface area contributed by atoms with E-state index < -0.39 is 0 Å². The van der Waals surface area contributed by atoms with Crippen molar-refractivity contribution in [1.82, 2.24) is 0 Å². The molecule has 1 atom stereocenters. The summed E-state index contributed by atoms with van der Waals surface area (Å²) < 4.78 is 0. The van der Waals surface area contributed by atoms with Crippen molar-refractivity contribution in [2.45, 2.75) is 18.8 Å². The fraction of sp³-hybridized carbons (Fsp3) is 0.158. The minimum Gasteiger partial charge on any atom is -0.0829 e. The molecule has 0 radical (unpaired) electrons. The number of rotatable bonds is 2. The zero-order valence-electron chi connectivity index (χ0n) is 11.2. The van der Waals surface area contributed by atoms with Crippen LogP contribution in [0.15, 0.2) is 78.9 Å². The van der Waals surface area contributed by atoms with Gasteiger partial charge < -0.3 is 0 Å². The highest BCUT2D eigenvalue weighted by molar-refractivity contribution is 5.70. The van der Waals surface area contributed by atoms with Crippen molar-refractivity contribution in [2.24, 2.45) is 0 Å². The molecule has 0 amide bonds. The van der Waals surface area contributed by atoms with Gasteiger partial charge in [-0.25, -0.2) is 0 Å². The predicted molar refractivity (Wildman–Crippen MR) is 82.0 cm³/mol. The van der Waals surface area contributed by atoms with E-state index in [4.69, 9.17) is 0 Å². The second kappa shape index (κ2) is 4.89. The van der Waals surface area contributed by atoms with Gasteiger partial charge in [0.05, 0.1) is 0 Å². The van der Waals surface area contributed by atoms with E-state index in [1.165, 1.54) is 16.7 Å². The summed E-state index contributed by atoms with van der Waals surface area (Å²) in [4.78, 5) is 0. The Morgan fingerprint density at radius 3 is 2.16 bits per heavy atom. The molecular weight excluding hydrogens is 228 g/mol. The summed E-state index contributed by atoms with van der Waals surface area (Å²) in [7, 11) is 0. The van der Waals surface area contributed by atoms with E-state index in [2.05, 4.69) is 85.8 Å². The third-order valence-corrected chi connectivity index (χ3v) is 3.82. The Hall–Kier alpha value is -2.08. The Kier molecular flexibility index (Phi) is 3.08. The van der Waals surface area contributed by atoms with Crippen LogP contribution in [0.4, 0.5) is 0 Å². The van der Waals surface area contributed by atoms with Gasteiger partial charge in [-0.15, -0.1) is 0 Å². The second-order valence-electron chi connectivity index (χ2n) is 5.29. The van der Waals surface area contributed by atoms with E-state index in [9.17, 15) is 0 Å². The first-order valence-corrected chi connectivity index (χ1v) is 6.78. The smallest absolute Gasteiger partial charge is 0.0289 e. The highest BCUT2D eigenvalue weighted by Crippen LogP contribution is 2.35. The molecule has 19 heavy (non-hydrogen) atoms. The largest absolute Gasteiger partial charge is 0.0829 e. The van der Waals surface area contributed by atoms with Gasteiger partial charge in [-0.3, -0.25) is 0 Å². The lowest BCUT2D eigenvalue weighted by Gasteiger charge is -2.28. The molecule has 1 unspecified atom stereocenters. The summed E-state index contributed by atoms with van der Waals surface area (Å²) in [6.45, 7) is 2.28. The van der Waals surface area contributed by atoms with Crippen LogP contribution in [-0.4, -0.2) is 0 Å². The quantitative estimate of drug-likeness (QED) is 0.655. The maximum Gasteiger partial charge on any atom is 0.0289 e. The number of allylic oxidation sites excluding steroid dienone is 4. The molecule has 0 heterocycles. The average Bonchev–Trinajstić information content (AvgIpc) is 2.49. The highest BCUT2D eigenvalue weighted by Gasteiger charge is 2.23. The number of hydrogen-bond donors (Lipinski definition) is 0. The molecule has 0 nitrogen and oxygen atoms in total. The first-order valence-electron chi connectivity index (χ1n) is 6.78. The van der Waals surface area contributed by atoms with Crippen molar-refractivity contribution in [3.8, 4) is 0 Å². The SMILES string of the molecule is CC1(c2ccccc2)C=CCC(c2ccccc2)=C1. The molecule has 1 aliphatic rings. The van der Waals surface area contributed by atoms with E-state index in [-0.39, 0.29) is 5.41 Å². The monoisotopic (exact) mass is 246 g/mol. The van der Waals surface area contributed by atoms with E-state index in [1.54, 1.807) is 0 Å². The van der Waals surface area contributed by atoms with E-state index >= 15 is 0 Å². The zero-order chi connectivity index (χ0) is 13.1. The van der Waals surface area contributed by atoms with Crippen LogP contribution < -0.4 is 0 Å². The second-order valence-corrected chi connectivity index (χ2v) is 5.29. The molecule has 0 aliphatic heterocycles. The molecule has 0 heteroatoms. The summed E-state index contributed by atoms with van der Waals surface area (Å²) in [6, 6.07) is 21.4. The summed E-state index contributed by atoms with van der Waals surface area (Å²) in [6.07, 6.45) is 8.02. The summed E-state index contributed by atoms with van der Waals surface area (Å²) >= 11 is 0. The van der Waals surface area contributed by atoms with E-state index in [0.29, 0.717) is 0 Å². The molecule has 2 aromatic rings. The summed E-state index contributed by atoms with van der Waals surface area (Å²) in [5.41, 5.74) is 4.09. The van der Waals surface area contributed by atoms with Crippen molar-refractivity contribution in [3.05, 3.63) is 90.0 Å². The molecule has 0 saturated carbocycles. The minimum atomic E-state index is 0.00465. The van der Waals surface area contributed by atoms with Gasteiger partial charge in [0.25, 0.3) is 0 Å². The molecule has 1 aliphatic carbocycles. The lowest BCUT2D eigenvalue weighted by Crippen LogP contribution is -2.18. The van der Waals surface area contributed by atoms with Crippen LogP contribution in [0.25, 0.3) is 5.57 Å². The maximum absolute atomic E-state index is 2.40. The molecule has 0 bridgehead atoms. The van der Waals surface area contributed by atoms with Crippen molar-refractivity contribution < 1.29 is 0 Å². The average molecular weight is 246 g/mol. The first kappa shape index (κ1) is 12.0. The molecule has 2 aromatic carbocycles.